The number of amides is 1. The standard InChI is InChI=1S/C16H14FNO2/c1-18(14-7-9-15(19)10-8-14)16(20)11-4-12-2-5-13(17)6-3-12/h2-11,19H,1H3/b11-4+. The van der Waals surface area contributed by atoms with E-state index in [-0.39, 0.29) is 17.5 Å². The first-order chi connectivity index (χ1) is 9.56. The molecule has 0 aliphatic rings. The molecule has 0 unspecified atom stereocenters. The van der Waals surface area contributed by atoms with Crippen LogP contribution in [0.25, 0.3) is 6.08 Å². The number of phenols is 1. The molecule has 0 aliphatic heterocycles. The number of anilines is 1. The Kier molecular flexibility index (Phi) is 4.15. The Morgan fingerprint density at radius 3 is 2.30 bits per heavy atom. The third-order valence-electron chi connectivity index (χ3n) is 2.86. The molecule has 2 rings (SSSR count). The van der Waals surface area contributed by atoms with E-state index in [1.165, 1.54) is 35.2 Å². The van der Waals surface area contributed by atoms with E-state index in [9.17, 15) is 14.3 Å². The van der Waals surface area contributed by atoms with E-state index in [0.29, 0.717) is 5.69 Å². The molecule has 0 radical (unpaired) electrons. The molecule has 2 aromatic rings. The van der Waals surface area contributed by atoms with Gasteiger partial charge in [0, 0.05) is 18.8 Å². The lowest BCUT2D eigenvalue weighted by Crippen LogP contribution is -2.23. The minimum absolute atomic E-state index is 0.149. The minimum Gasteiger partial charge on any atom is -0.508 e. The van der Waals surface area contributed by atoms with Gasteiger partial charge in [-0.05, 0) is 48.0 Å². The van der Waals surface area contributed by atoms with Gasteiger partial charge in [-0.15, -0.1) is 0 Å². The van der Waals surface area contributed by atoms with Gasteiger partial charge in [0.1, 0.15) is 11.6 Å². The van der Waals surface area contributed by atoms with Crippen LogP contribution in [0.2, 0.25) is 0 Å². The first-order valence-electron chi connectivity index (χ1n) is 6.06. The molecule has 1 amide bonds. The molecule has 20 heavy (non-hydrogen) atoms. The van der Waals surface area contributed by atoms with E-state index in [0.717, 1.165) is 5.56 Å². The molecular weight excluding hydrogens is 257 g/mol. The Balaban J connectivity index is 2.07. The number of aromatic hydroxyl groups is 1. The van der Waals surface area contributed by atoms with Crippen LogP contribution >= 0.6 is 0 Å². The van der Waals surface area contributed by atoms with Gasteiger partial charge < -0.3 is 10.0 Å². The average molecular weight is 271 g/mol. The number of phenolic OH excluding ortho intramolecular Hbond substituents is 1. The molecule has 0 fully saturated rings. The Labute approximate surface area is 116 Å². The van der Waals surface area contributed by atoms with Crippen molar-refractivity contribution in [2.24, 2.45) is 0 Å². The number of carbonyl (C=O) groups excluding carboxylic acids is 1. The number of hydrogen-bond acceptors (Lipinski definition) is 2. The zero-order chi connectivity index (χ0) is 14.5. The van der Waals surface area contributed by atoms with E-state index >= 15 is 0 Å². The van der Waals surface area contributed by atoms with Gasteiger partial charge >= 0.3 is 0 Å². The molecule has 2 aromatic carbocycles. The fourth-order valence-corrected chi connectivity index (χ4v) is 1.66. The van der Waals surface area contributed by atoms with Crippen molar-refractivity contribution < 1.29 is 14.3 Å². The second kappa shape index (κ2) is 6.02. The summed E-state index contributed by atoms with van der Waals surface area (Å²) in [5, 5.41) is 9.20. The van der Waals surface area contributed by atoms with Gasteiger partial charge in [-0.3, -0.25) is 4.79 Å². The van der Waals surface area contributed by atoms with Crippen LogP contribution < -0.4 is 4.90 Å². The maximum Gasteiger partial charge on any atom is 0.250 e. The number of likely N-dealkylation sites (N-methyl/N-ethyl adjacent to an activating group) is 1. The summed E-state index contributed by atoms with van der Waals surface area (Å²) in [4.78, 5) is 13.4. The van der Waals surface area contributed by atoms with Gasteiger partial charge in [0.25, 0.3) is 5.91 Å². The molecule has 1 N–H and O–H groups in total. The Morgan fingerprint density at radius 2 is 1.70 bits per heavy atom. The third kappa shape index (κ3) is 3.45. The number of halogens is 1. The van der Waals surface area contributed by atoms with Gasteiger partial charge in [0.15, 0.2) is 0 Å². The molecular formula is C16H14FNO2. The first-order valence-corrected chi connectivity index (χ1v) is 6.06. The number of benzene rings is 2. The number of hydrogen-bond donors (Lipinski definition) is 1. The third-order valence-corrected chi connectivity index (χ3v) is 2.86. The topological polar surface area (TPSA) is 40.5 Å². The smallest absolute Gasteiger partial charge is 0.250 e. The maximum atomic E-state index is 12.7. The zero-order valence-corrected chi connectivity index (χ0v) is 11.0. The molecule has 0 aromatic heterocycles. The molecule has 0 aliphatic carbocycles. The predicted molar refractivity (Wildman–Crippen MR) is 77.0 cm³/mol. The van der Waals surface area contributed by atoms with Crippen molar-refractivity contribution in [3.63, 3.8) is 0 Å². The molecule has 0 atom stereocenters. The fraction of sp³-hybridized carbons (Fsp3) is 0.0625. The summed E-state index contributed by atoms with van der Waals surface area (Å²) in [6.07, 6.45) is 3.04. The monoisotopic (exact) mass is 271 g/mol. The second-order valence-corrected chi connectivity index (χ2v) is 4.30. The van der Waals surface area contributed by atoms with E-state index in [4.69, 9.17) is 0 Å². The van der Waals surface area contributed by atoms with E-state index in [1.807, 2.05) is 0 Å². The van der Waals surface area contributed by atoms with E-state index in [1.54, 1.807) is 37.4 Å². The Hall–Kier alpha value is -2.62. The molecule has 0 spiro atoms. The lowest BCUT2D eigenvalue weighted by molar-refractivity contribution is -0.113. The summed E-state index contributed by atoms with van der Waals surface area (Å²) in [6, 6.07) is 12.2. The highest BCUT2D eigenvalue weighted by Crippen LogP contribution is 2.17. The summed E-state index contributed by atoms with van der Waals surface area (Å²) in [5.41, 5.74) is 1.43. The lowest BCUT2D eigenvalue weighted by Gasteiger charge is -2.15. The van der Waals surface area contributed by atoms with Crippen LogP contribution in [0, 0.1) is 5.82 Å². The molecule has 3 nitrogen and oxygen atoms in total. The van der Waals surface area contributed by atoms with Crippen LogP contribution in [0.15, 0.2) is 54.6 Å². The van der Waals surface area contributed by atoms with Crippen LogP contribution in [-0.2, 0) is 4.79 Å². The highest BCUT2D eigenvalue weighted by molar-refractivity contribution is 6.03. The Morgan fingerprint density at radius 1 is 1.10 bits per heavy atom. The van der Waals surface area contributed by atoms with Crippen LogP contribution in [-0.4, -0.2) is 18.1 Å². The second-order valence-electron chi connectivity index (χ2n) is 4.30. The maximum absolute atomic E-state index is 12.7. The van der Waals surface area contributed by atoms with Crippen molar-refractivity contribution in [2.45, 2.75) is 0 Å². The average Bonchev–Trinajstić information content (AvgIpc) is 2.46. The van der Waals surface area contributed by atoms with Crippen LogP contribution in [0.3, 0.4) is 0 Å². The van der Waals surface area contributed by atoms with Crippen molar-refractivity contribution in [3.8, 4) is 5.75 Å². The van der Waals surface area contributed by atoms with Crippen molar-refractivity contribution >= 4 is 17.7 Å². The molecule has 0 bridgehead atoms. The van der Waals surface area contributed by atoms with E-state index in [2.05, 4.69) is 0 Å². The zero-order valence-electron chi connectivity index (χ0n) is 11.0. The van der Waals surface area contributed by atoms with Crippen molar-refractivity contribution in [3.05, 3.63) is 66.0 Å². The molecule has 0 saturated heterocycles. The highest BCUT2D eigenvalue weighted by atomic mass is 19.1. The van der Waals surface area contributed by atoms with Crippen molar-refractivity contribution in [1.29, 1.82) is 0 Å². The van der Waals surface area contributed by atoms with Gasteiger partial charge in [-0.1, -0.05) is 12.1 Å². The summed E-state index contributed by atoms with van der Waals surface area (Å²) in [7, 11) is 1.64. The first kappa shape index (κ1) is 13.8. The predicted octanol–water partition coefficient (Wildman–Crippen LogP) is 3.21. The van der Waals surface area contributed by atoms with Gasteiger partial charge in [0.05, 0.1) is 0 Å². The van der Waals surface area contributed by atoms with Crippen LogP contribution in [0.4, 0.5) is 10.1 Å². The Bertz CT molecular complexity index is 618. The number of nitrogens with zero attached hydrogens (tertiary/aromatic N) is 1. The molecule has 4 heteroatoms. The SMILES string of the molecule is CN(C(=O)/C=C/c1ccc(F)cc1)c1ccc(O)cc1. The molecule has 102 valence electrons. The van der Waals surface area contributed by atoms with Crippen molar-refractivity contribution in [2.75, 3.05) is 11.9 Å². The van der Waals surface area contributed by atoms with Crippen LogP contribution in [0.1, 0.15) is 5.56 Å². The summed E-state index contributed by atoms with van der Waals surface area (Å²) in [6.45, 7) is 0. The summed E-state index contributed by atoms with van der Waals surface area (Å²) < 4.78 is 12.7. The number of carbonyl (C=O) groups is 1. The fourth-order valence-electron chi connectivity index (χ4n) is 1.66. The van der Waals surface area contributed by atoms with E-state index < -0.39 is 0 Å². The van der Waals surface area contributed by atoms with Gasteiger partial charge in [0.2, 0.25) is 0 Å². The van der Waals surface area contributed by atoms with Crippen molar-refractivity contribution in [1.82, 2.24) is 0 Å². The molecule has 0 saturated carbocycles. The normalized spacial score (nSPS) is 10.7. The number of rotatable bonds is 3. The summed E-state index contributed by atoms with van der Waals surface area (Å²) >= 11 is 0. The minimum atomic E-state index is -0.310. The van der Waals surface area contributed by atoms with Crippen LogP contribution in [0.5, 0.6) is 5.75 Å². The lowest BCUT2D eigenvalue weighted by atomic mass is 10.2. The largest absolute Gasteiger partial charge is 0.508 e. The van der Waals surface area contributed by atoms with Gasteiger partial charge in [-0.25, -0.2) is 4.39 Å². The highest BCUT2D eigenvalue weighted by Gasteiger charge is 2.07. The van der Waals surface area contributed by atoms with Gasteiger partial charge in [-0.2, -0.15) is 0 Å². The molecule has 0 heterocycles. The quantitative estimate of drug-likeness (QED) is 0.871. The summed E-state index contributed by atoms with van der Waals surface area (Å²) in [5.74, 6) is -0.369.